The van der Waals surface area contributed by atoms with Crippen molar-refractivity contribution in [2.24, 2.45) is 4.99 Å². The zero-order valence-electron chi connectivity index (χ0n) is 22.6. The lowest BCUT2D eigenvalue weighted by molar-refractivity contribution is -0.172. The number of anilines is 1. The molecule has 0 bridgehead atoms. The molecule has 1 spiro atoms. The average molecular weight is 535 g/mol. The van der Waals surface area contributed by atoms with Gasteiger partial charge in [-0.3, -0.25) is 15.2 Å². The summed E-state index contributed by atoms with van der Waals surface area (Å²) < 4.78 is 25.6. The lowest BCUT2D eigenvalue weighted by atomic mass is 9.84. The number of aliphatic imine (C=N–C) groups is 1. The van der Waals surface area contributed by atoms with E-state index in [1.165, 1.54) is 31.4 Å². The van der Waals surface area contributed by atoms with Crippen molar-refractivity contribution < 1.29 is 18.7 Å². The smallest absolute Gasteiger partial charge is 0.328 e. The molecule has 1 N–H and O–H groups in total. The molecular formula is C31H39FN4O3. The van der Waals surface area contributed by atoms with E-state index in [9.17, 15) is 9.18 Å². The van der Waals surface area contributed by atoms with Crippen LogP contribution < -0.4 is 10.2 Å². The number of benzene rings is 2. The van der Waals surface area contributed by atoms with Gasteiger partial charge in [-0.25, -0.2) is 9.18 Å². The predicted molar refractivity (Wildman–Crippen MR) is 149 cm³/mol. The molecule has 3 saturated heterocycles. The second-order valence-corrected chi connectivity index (χ2v) is 11.3. The monoisotopic (exact) mass is 534 g/mol. The van der Waals surface area contributed by atoms with Crippen LogP contribution in [0.5, 0.6) is 0 Å². The van der Waals surface area contributed by atoms with Crippen LogP contribution in [0, 0.1) is 5.82 Å². The molecular weight excluding hydrogens is 495 g/mol. The molecule has 6 rings (SSSR count). The number of ether oxygens (including phenoxy) is 2. The van der Waals surface area contributed by atoms with Crippen LogP contribution in [0.3, 0.4) is 0 Å². The second kappa shape index (κ2) is 11.4. The Balaban J connectivity index is 1.15. The number of nitrogens with one attached hydrogen (secondary N) is 1. The van der Waals surface area contributed by atoms with Gasteiger partial charge in [-0.2, -0.15) is 0 Å². The standard InChI is InChI=1S/C31H39FN4O3/c32-25-14-12-24(13-15-25)31(38-22-23-39-31)16-7-19-35-20-17-30(18-21-35)28(33-26-8-3-1-4-9-26)34-29(37)36(30)27-10-5-2-6-11-27/h2,5-6,10-15,26H,1,3-4,7-9,16-23H2,(H,33,34,37). The van der Waals surface area contributed by atoms with E-state index in [1.54, 1.807) is 12.1 Å². The lowest BCUT2D eigenvalue weighted by Gasteiger charge is -2.44. The van der Waals surface area contributed by atoms with E-state index in [0.717, 1.165) is 68.8 Å². The molecule has 0 unspecified atom stereocenters. The molecule has 0 aromatic heterocycles. The van der Waals surface area contributed by atoms with Gasteiger partial charge >= 0.3 is 6.03 Å². The Morgan fingerprint density at radius 2 is 1.64 bits per heavy atom. The first-order chi connectivity index (χ1) is 19.1. The summed E-state index contributed by atoms with van der Waals surface area (Å²) in [6.45, 7) is 3.76. The topological polar surface area (TPSA) is 66.4 Å². The molecule has 2 amide bonds. The molecule has 7 nitrogen and oxygen atoms in total. The summed E-state index contributed by atoms with van der Waals surface area (Å²) in [5.74, 6) is -0.188. The number of halogens is 1. The van der Waals surface area contributed by atoms with Gasteiger partial charge in [-0.1, -0.05) is 49.6 Å². The quantitative estimate of drug-likeness (QED) is 0.502. The summed E-state index contributed by atoms with van der Waals surface area (Å²) in [4.78, 5) is 23.0. The number of likely N-dealkylation sites (tertiary alicyclic amines) is 1. The highest BCUT2D eigenvalue weighted by Crippen LogP contribution is 2.40. The van der Waals surface area contributed by atoms with Crippen molar-refractivity contribution in [3.8, 4) is 0 Å². The Labute approximate surface area is 230 Å². The molecule has 208 valence electrons. The number of carbonyl (C=O) groups is 1. The van der Waals surface area contributed by atoms with Crippen molar-refractivity contribution in [2.45, 2.75) is 75.2 Å². The van der Waals surface area contributed by atoms with Crippen molar-refractivity contribution in [3.63, 3.8) is 0 Å². The highest BCUT2D eigenvalue weighted by atomic mass is 19.1. The van der Waals surface area contributed by atoms with Crippen LogP contribution in [0.2, 0.25) is 0 Å². The third kappa shape index (κ3) is 5.34. The van der Waals surface area contributed by atoms with Crippen LogP contribution >= 0.6 is 0 Å². The molecule has 1 saturated carbocycles. The summed E-state index contributed by atoms with van der Waals surface area (Å²) in [6, 6.07) is 16.7. The summed E-state index contributed by atoms with van der Waals surface area (Å²) in [5, 5.41) is 3.19. The summed E-state index contributed by atoms with van der Waals surface area (Å²) >= 11 is 0. The fourth-order valence-corrected chi connectivity index (χ4v) is 6.82. The maximum Gasteiger partial charge on any atom is 0.328 e. The molecule has 2 aromatic rings. The molecule has 0 radical (unpaired) electrons. The van der Waals surface area contributed by atoms with Gasteiger partial charge in [0.1, 0.15) is 17.2 Å². The van der Waals surface area contributed by atoms with Crippen LogP contribution in [0.15, 0.2) is 59.6 Å². The van der Waals surface area contributed by atoms with E-state index in [-0.39, 0.29) is 11.8 Å². The first kappa shape index (κ1) is 26.4. The fraction of sp³-hybridized carbons (Fsp3) is 0.548. The van der Waals surface area contributed by atoms with E-state index in [2.05, 4.69) is 10.2 Å². The summed E-state index contributed by atoms with van der Waals surface area (Å²) in [7, 11) is 0. The van der Waals surface area contributed by atoms with E-state index in [0.29, 0.717) is 25.7 Å². The number of amides is 2. The SMILES string of the molecule is O=C1NC(=NC2CCCCC2)C2(CCN(CCCC3(c4ccc(F)cc4)OCCO3)CC2)N1c1ccccc1. The number of hydrogen-bond acceptors (Lipinski definition) is 5. The Hall–Kier alpha value is -2.81. The van der Waals surface area contributed by atoms with Crippen molar-refractivity contribution in [1.29, 1.82) is 0 Å². The minimum absolute atomic E-state index is 0.0685. The maximum atomic E-state index is 13.5. The third-order valence-electron chi connectivity index (χ3n) is 8.90. The Morgan fingerprint density at radius 1 is 0.949 bits per heavy atom. The van der Waals surface area contributed by atoms with Gasteiger partial charge in [-0.15, -0.1) is 0 Å². The summed E-state index contributed by atoms with van der Waals surface area (Å²) in [6.07, 6.45) is 9.20. The third-order valence-corrected chi connectivity index (χ3v) is 8.90. The zero-order valence-corrected chi connectivity index (χ0v) is 22.6. The fourth-order valence-electron chi connectivity index (χ4n) is 6.82. The highest BCUT2D eigenvalue weighted by molar-refractivity contribution is 6.19. The Morgan fingerprint density at radius 3 is 2.33 bits per heavy atom. The average Bonchev–Trinajstić information content (AvgIpc) is 3.54. The molecule has 4 fully saturated rings. The molecule has 4 aliphatic rings. The molecule has 2 aromatic carbocycles. The van der Waals surface area contributed by atoms with E-state index >= 15 is 0 Å². The minimum atomic E-state index is -0.795. The van der Waals surface area contributed by atoms with Gasteiger partial charge in [0, 0.05) is 30.8 Å². The molecule has 8 heteroatoms. The normalized spacial score (nSPS) is 24.5. The number of rotatable bonds is 7. The number of hydrogen-bond donors (Lipinski definition) is 1. The van der Waals surface area contributed by atoms with Crippen LogP contribution in [0.1, 0.15) is 63.4 Å². The summed E-state index contributed by atoms with van der Waals surface area (Å²) in [5.41, 5.74) is 1.37. The van der Waals surface area contributed by atoms with Crippen molar-refractivity contribution in [2.75, 3.05) is 37.7 Å². The minimum Gasteiger partial charge on any atom is -0.343 e. The van der Waals surface area contributed by atoms with Gasteiger partial charge < -0.3 is 14.4 Å². The zero-order chi connectivity index (χ0) is 26.7. The Bertz CT molecular complexity index is 1150. The van der Waals surface area contributed by atoms with Gasteiger partial charge in [0.05, 0.1) is 19.3 Å². The number of urea groups is 1. The predicted octanol–water partition coefficient (Wildman–Crippen LogP) is 5.60. The molecule has 3 heterocycles. The second-order valence-electron chi connectivity index (χ2n) is 11.3. The van der Waals surface area contributed by atoms with Crippen LogP contribution in [-0.4, -0.2) is 61.2 Å². The van der Waals surface area contributed by atoms with E-state index in [4.69, 9.17) is 14.5 Å². The molecule has 39 heavy (non-hydrogen) atoms. The van der Waals surface area contributed by atoms with Crippen LogP contribution in [-0.2, 0) is 15.3 Å². The van der Waals surface area contributed by atoms with Crippen molar-refractivity contribution in [1.82, 2.24) is 10.2 Å². The number of carbonyl (C=O) groups excluding carboxylic acids is 1. The maximum absolute atomic E-state index is 13.5. The van der Waals surface area contributed by atoms with Crippen molar-refractivity contribution in [3.05, 3.63) is 66.0 Å². The Kier molecular flexibility index (Phi) is 7.69. The molecule has 3 aliphatic heterocycles. The molecule has 1 aliphatic carbocycles. The van der Waals surface area contributed by atoms with Crippen molar-refractivity contribution >= 4 is 17.6 Å². The van der Waals surface area contributed by atoms with Crippen LogP contribution in [0.4, 0.5) is 14.9 Å². The van der Waals surface area contributed by atoms with Gasteiger partial charge in [-0.05, 0) is 62.9 Å². The number of amidine groups is 1. The largest absolute Gasteiger partial charge is 0.343 e. The van der Waals surface area contributed by atoms with Gasteiger partial charge in [0.25, 0.3) is 0 Å². The molecule has 0 atom stereocenters. The van der Waals surface area contributed by atoms with Crippen LogP contribution in [0.25, 0.3) is 0 Å². The van der Waals surface area contributed by atoms with E-state index in [1.807, 2.05) is 35.2 Å². The number of piperidine rings is 1. The number of nitrogens with zero attached hydrogens (tertiary/aromatic N) is 3. The first-order valence-corrected chi connectivity index (χ1v) is 14.6. The van der Waals surface area contributed by atoms with Gasteiger partial charge in [0.15, 0.2) is 5.79 Å². The highest BCUT2D eigenvalue weighted by Gasteiger charge is 2.53. The van der Waals surface area contributed by atoms with E-state index < -0.39 is 11.3 Å². The number of para-hydroxylation sites is 1. The van der Waals surface area contributed by atoms with Gasteiger partial charge in [0.2, 0.25) is 0 Å². The first-order valence-electron chi connectivity index (χ1n) is 14.6. The lowest BCUT2D eigenvalue weighted by Crippen LogP contribution is -2.57.